The van der Waals surface area contributed by atoms with Crippen molar-refractivity contribution in [3.05, 3.63) is 291 Å². The Balaban J connectivity index is -0.000000508. The number of imidazole rings is 8. The predicted molar refractivity (Wildman–Crippen MR) is 316 cm³/mol. The summed E-state index contributed by atoms with van der Waals surface area (Å²) in [6.07, 6.45) is 40.3. The van der Waals surface area contributed by atoms with Crippen molar-refractivity contribution in [3.8, 4) is 0 Å². The van der Waals surface area contributed by atoms with Gasteiger partial charge in [-0.05, 0) is 56.8 Å². The molecule has 0 unspecified atom stereocenters. The number of nitrogens with zero attached hydrogens (tertiary/aromatic N) is 16. The topological polar surface area (TPSA) is 521 Å². The quantitative estimate of drug-likeness (QED) is 0.0883. The Morgan fingerprint density at radius 1 is 0.244 bits per heavy atom. The molecule has 30 nitrogen and oxygen atoms in total. The fraction of sp³-hybridized carbons (Fsp3) is 0.138. The van der Waals surface area contributed by atoms with E-state index in [1.807, 2.05) is 100 Å². The van der Waals surface area contributed by atoms with Gasteiger partial charge in [0.05, 0.1) is 50.6 Å². The molecule has 0 saturated heterocycles. The zero-order chi connectivity index (χ0) is 56.0. The summed E-state index contributed by atoms with van der Waals surface area (Å²) < 4.78 is 16.6. The molecule has 0 aliphatic rings. The van der Waals surface area contributed by atoms with Crippen molar-refractivity contribution in [2.24, 2.45) is 0 Å². The molecular weight excluding hydrogens is 1270 g/mol. The van der Waals surface area contributed by atoms with Crippen molar-refractivity contribution in [2.75, 3.05) is 0 Å². The molecule has 0 saturated carbocycles. The van der Waals surface area contributed by atoms with E-state index in [1.165, 1.54) is 44.5 Å². The van der Waals surface area contributed by atoms with Gasteiger partial charge in [-0.2, -0.15) is 0 Å². The Hall–Kier alpha value is -10.2. The van der Waals surface area contributed by atoms with Crippen molar-refractivity contribution in [3.63, 3.8) is 0 Å². The molecule has 8 heterocycles. The smallest absolute Gasteiger partial charge is 0.652 e. The van der Waals surface area contributed by atoms with Crippen LogP contribution in [0, 0.1) is 0 Å². The summed E-state index contributed by atoms with van der Waals surface area (Å²) in [7, 11) is 0. The summed E-state index contributed by atoms with van der Waals surface area (Å²) in [6.45, 7) is 6.82. The van der Waals surface area contributed by atoms with Gasteiger partial charge in [0.15, 0.2) is 0 Å². The van der Waals surface area contributed by atoms with E-state index in [2.05, 4.69) is 173 Å². The number of carboxylic acid groups (broad SMARTS) is 4. The van der Waals surface area contributed by atoms with E-state index in [0.29, 0.717) is 0 Å². The van der Waals surface area contributed by atoms with E-state index in [1.54, 1.807) is 49.6 Å². The van der Waals surface area contributed by atoms with Crippen LogP contribution in [0.4, 0.5) is 9.59 Å². The van der Waals surface area contributed by atoms with Crippen LogP contribution in [0.1, 0.15) is 44.5 Å². The Morgan fingerprint density at radius 2 is 0.344 bits per heavy atom. The molecule has 12 rings (SSSR count). The molecule has 0 fully saturated rings. The van der Waals surface area contributed by atoms with Crippen LogP contribution in [-0.4, -0.2) is 133 Å². The molecule has 0 aliphatic carbocycles. The van der Waals surface area contributed by atoms with Crippen LogP contribution in [0.5, 0.6) is 0 Å². The minimum Gasteiger partial charge on any atom is -0.652 e. The SMILES string of the molecule is O.O.O.O.O.O.O.O.O=C([O-])[O-].O=C([O-])[O-].[Cu+2].[Cu+2].c1ccc(Cn2ccnc2)c(Cn2ccnc2)c1.c1ccc(Cn2ccnc2)c(Cn2ccnc2)c1.c1ccc(Cn2ccnc2)c(Cn2ccnc2)c1.c1ccc(Cn2ccnc2)c(Cn2ccnc2)c1. The molecule has 4 aromatic carbocycles. The maximum atomic E-state index is 8.33. The van der Waals surface area contributed by atoms with Gasteiger partial charge >= 0.3 is 34.1 Å². The molecule has 0 amide bonds. The van der Waals surface area contributed by atoms with Crippen LogP contribution in [-0.2, 0) is 86.5 Å². The van der Waals surface area contributed by atoms with Gasteiger partial charge in [-0.1, -0.05) is 97.1 Å². The van der Waals surface area contributed by atoms with Crippen LogP contribution in [0.25, 0.3) is 0 Å². The van der Waals surface area contributed by atoms with Crippen molar-refractivity contribution in [2.45, 2.75) is 52.4 Å². The number of carbonyl (C=O) groups excluding carboxylic acids is 2. The Kier molecular flexibility index (Phi) is 45.9. The average Bonchev–Trinajstić information content (AvgIpc) is 4.42. The normalized spacial score (nSPS) is 9.07. The van der Waals surface area contributed by atoms with Crippen LogP contribution in [0.15, 0.2) is 247 Å². The molecule has 8 aromatic heterocycles. The zero-order valence-electron chi connectivity index (χ0n) is 48.0. The third kappa shape index (κ3) is 30.9. The van der Waals surface area contributed by atoms with Gasteiger partial charge in [0.2, 0.25) is 0 Å². The predicted octanol–water partition coefficient (Wildman–Crippen LogP) is -2.79. The number of hydrogen-bond acceptors (Lipinski definition) is 14. The third-order valence-corrected chi connectivity index (χ3v) is 11.8. The number of benzene rings is 4. The number of aromatic nitrogens is 16. The van der Waals surface area contributed by atoms with Gasteiger partial charge in [-0.15, -0.1) is 0 Å². The standard InChI is InChI=1S/4C14H14N4.2CH2O3.2Cu.8H2O/c4*1-2-4-14(10-18-8-6-16-12-18)13(3-1)9-17-7-5-15-11-17;2*2-1(3)4;;;;;;;;;;/h4*1-8,11-12H,9-10H2;2*(H2,2,3,4);;;8*1H2/q;;;;;;2*+2;;;;;;;;/p-4. The van der Waals surface area contributed by atoms with Gasteiger partial charge in [-0.25, -0.2) is 39.9 Å². The summed E-state index contributed by atoms with van der Waals surface area (Å²) in [4.78, 5) is 49.2. The first kappa shape index (κ1) is 86.3. The van der Waals surface area contributed by atoms with Gasteiger partial charge in [0.25, 0.3) is 0 Å². The molecular formula is C58H72Cu2N16O14. The van der Waals surface area contributed by atoms with Gasteiger partial charge < -0.3 is 110 Å². The van der Waals surface area contributed by atoms with Crippen molar-refractivity contribution in [1.29, 1.82) is 0 Å². The summed E-state index contributed by atoms with van der Waals surface area (Å²) in [5.41, 5.74) is 10.5. The summed E-state index contributed by atoms with van der Waals surface area (Å²) in [5.74, 6) is 0. The minimum atomic E-state index is -2.33. The van der Waals surface area contributed by atoms with Crippen LogP contribution in [0.3, 0.4) is 0 Å². The van der Waals surface area contributed by atoms with Gasteiger partial charge in [0, 0.05) is 152 Å². The van der Waals surface area contributed by atoms with E-state index >= 15 is 0 Å². The maximum absolute atomic E-state index is 8.33. The Labute approximate surface area is 537 Å². The van der Waals surface area contributed by atoms with Crippen molar-refractivity contribution >= 4 is 12.3 Å². The first-order chi connectivity index (χ1) is 39.1. The Morgan fingerprint density at radius 3 is 0.422 bits per heavy atom. The maximum Gasteiger partial charge on any atom is 2.00 e. The number of hydrogen-bond donors (Lipinski definition) is 0. The van der Waals surface area contributed by atoms with Gasteiger partial charge in [-0.3, -0.25) is 0 Å². The van der Waals surface area contributed by atoms with E-state index < -0.39 is 12.3 Å². The molecule has 0 atom stereocenters. The molecule has 2 radical (unpaired) electrons. The molecule has 0 bridgehead atoms. The van der Waals surface area contributed by atoms with E-state index in [-0.39, 0.29) is 77.9 Å². The molecule has 90 heavy (non-hydrogen) atoms. The largest absolute Gasteiger partial charge is 2.00 e. The first-order valence-electron chi connectivity index (χ1n) is 24.8. The first-order valence-corrected chi connectivity index (χ1v) is 24.8. The summed E-state index contributed by atoms with van der Waals surface area (Å²) >= 11 is 0. The monoisotopic (exact) mass is 1340 g/mol. The van der Waals surface area contributed by atoms with Crippen LogP contribution < -0.4 is 20.4 Å². The summed E-state index contributed by atoms with van der Waals surface area (Å²) in [5, 5.41) is 33.3. The minimum absolute atomic E-state index is 0. The van der Waals surface area contributed by atoms with Gasteiger partial charge in [0.1, 0.15) is 0 Å². The molecule has 16 N–H and O–H groups in total. The van der Waals surface area contributed by atoms with Crippen molar-refractivity contribution < 1.29 is 108 Å². The second-order valence-corrected chi connectivity index (χ2v) is 17.5. The third-order valence-electron chi connectivity index (χ3n) is 11.8. The van der Waals surface area contributed by atoms with E-state index in [9.17, 15) is 0 Å². The molecule has 0 spiro atoms. The zero-order valence-corrected chi connectivity index (χ0v) is 49.8. The molecule has 490 valence electrons. The van der Waals surface area contributed by atoms with Crippen molar-refractivity contribution in [1.82, 2.24) is 76.4 Å². The van der Waals surface area contributed by atoms with E-state index in [4.69, 9.17) is 30.0 Å². The molecule has 0 aliphatic heterocycles. The average molecular weight is 1340 g/mol. The number of rotatable bonds is 16. The molecule has 32 heteroatoms. The fourth-order valence-corrected chi connectivity index (χ4v) is 8.08. The van der Waals surface area contributed by atoms with E-state index in [0.717, 1.165) is 52.4 Å². The molecule has 12 aromatic rings. The Bertz CT molecular complexity index is 2880. The second kappa shape index (κ2) is 47.9. The summed E-state index contributed by atoms with van der Waals surface area (Å²) in [6, 6.07) is 33.9. The fourth-order valence-electron chi connectivity index (χ4n) is 8.08. The number of carbonyl (C=O) groups is 2. The van der Waals surface area contributed by atoms with Crippen LogP contribution >= 0.6 is 0 Å². The van der Waals surface area contributed by atoms with Crippen LogP contribution in [0.2, 0.25) is 0 Å². The second-order valence-electron chi connectivity index (χ2n) is 17.5.